The summed E-state index contributed by atoms with van der Waals surface area (Å²) in [6.45, 7) is 9.32. The highest BCUT2D eigenvalue weighted by molar-refractivity contribution is 5.40. The average Bonchev–Trinajstić information content (AvgIpc) is 2.32. The molecule has 0 spiro atoms. The Morgan fingerprint density at radius 1 is 1.06 bits per heavy atom. The number of aryl methyl sites for hydroxylation is 1. The van der Waals surface area contributed by atoms with Crippen LogP contribution in [-0.4, -0.2) is 29.0 Å². The number of hydrogen-bond acceptors (Lipinski definition) is 3. The van der Waals surface area contributed by atoms with Crippen molar-refractivity contribution in [2.45, 2.75) is 40.5 Å². The van der Waals surface area contributed by atoms with Crippen LogP contribution >= 0.6 is 0 Å². The Balaban J connectivity index is 0.000000581. The highest BCUT2D eigenvalue weighted by Gasteiger charge is 2.44. The van der Waals surface area contributed by atoms with E-state index in [4.69, 9.17) is 0 Å². The first-order chi connectivity index (χ1) is 8.07. The highest BCUT2D eigenvalue weighted by Crippen LogP contribution is 2.29. The predicted octanol–water partition coefficient (Wildman–Crippen LogP) is 3.29. The quantitative estimate of drug-likeness (QED) is 0.760. The number of halogens is 2. The molecule has 1 fully saturated rings. The lowest BCUT2D eigenvalue weighted by Crippen LogP contribution is -2.56. The summed E-state index contributed by atoms with van der Waals surface area (Å²) in [6.07, 6.45) is 3.09. The van der Waals surface area contributed by atoms with Crippen LogP contribution in [0.2, 0.25) is 0 Å². The molecule has 0 aliphatic carbocycles. The molecule has 2 heterocycles. The summed E-state index contributed by atoms with van der Waals surface area (Å²) in [4.78, 5) is 9.48. The summed E-state index contributed by atoms with van der Waals surface area (Å²) >= 11 is 0. The number of rotatable bonds is 1. The molecule has 1 aliphatic heterocycles. The maximum atomic E-state index is 12.5. The van der Waals surface area contributed by atoms with E-state index < -0.39 is 5.92 Å². The van der Waals surface area contributed by atoms with Gasteiger partial charge in [0.15, 0.2) is 0 Å². The van der Waals surface area contributed by atoms with Gasteiger partial charge in [0.25, 0.3) is 5.92 Å². The Morgan fingerprint density at radius 3 is 1.94 bits per heavy atom. The third-order valence-corrected chi connectivity index (χ3v) is 1.94. The van der Waals surface area contributed by atoms with Crippen molar-refractivity contribution in [3.05, 3.63) is 18.1 Å². The molecule has 1 saturated heterocycles. The minimum Gasteiger partial charge on any atom is -0.343 e. The second kappa shape index (κ2) is 7.14. The molecule has 0 N–H and O–H groups in total. The van der Waals surface area contributed by atoms with Crippen LogP contribution in [0.15, 0.2) is 12.4 Å². The minimum absolute atomic E-state index is 0.245. The molecular formula is C12H21F2N3. The maximum Gasteiger partial charge on any atom is 0.282 e. The van der Waals surface area contributed by atoms with Gasteiger partial charge in [-0.3, -0.25) is 4.98 Å². The fourth-order valence-corrected chi connectivity index (χ4v) is 1.22. The topological polar surface area (TPSA) is 29.0 Å². The summed E-state index contributed by atoms with van der Waals surface area (Å²) in [5, 5.41) is 0. The predicted molar refractivity (Wildman–Crippen MR) is 66.6 cm³/mol. The first-order valence-electron chi connectivity index (χ1n) is 5.98. The summed E-state index contributed by atoms with van der Waals surface area (Å²) in [6, 6.07) is 0. The average molecular weight is 245 g/mol. The van der Waals surface area contributed by atoms with Crippen molar-refractivity contribution >= 4 is 5.82 Å². The van der Waals surface area contributed by atoms with Crippen molar-refractivity contribution in [1.82, 2.24) is 9.97 Å². The molecule has 98 valence electrons. The molecule has 0 radical (unpaired) electrons. The normalized spacial score (nSPS) is 15.8. The van der Waals surface area contributed by atoms with E-state index in [-0.39, 0.29) is 13.1 Å². The molecule has 0 unspecified atom stereocenters. The van der Waals surface area contributed by atoms with E-state index in [9.17, 15) is 8.78 Å². The number of anilines is 1. The molecule has 0 saturated carbocycles. The van der Waals surface area contributed by atoms with E-state index in [0.717, 1.165) is 5.69 Å². The zero-order valence-corrected chi connectivity index (χ0v) is 11.2. The van der Waals surface area contributed by atoms with Gasteiger partial charge in [-0.05, 0) is 6.92 Å². The van der Waals surface area contributed by atoms with Gasteiger partial charge < -0.3 is 4.90 Å². The summed E-state index contributed by atoms with van der Waals surface area (Å²) in [5.74, 6) is -2.02. The molecule has 2 rings (SSSR count). The van der Waals surface area contributed by atoms with Gasteiger partial charge in [0, 0.05) is 0 Å². The van der Waals surface area contributed by atoms with Crippen molar-refractivity contribution in [3.63, 3.8) is 0 Å². The molecule has 0 aromatic carbocycles. The van der Waals surface area contributed by atoms with E-state index in [2.05, 4.69) is 9.97 Å². The minimum atomic E-state index is -2.55. The molecule has 1 aromatic heterocycles. The van der Waals surface area contributed by atoms with Crippen LogP contribution in [0.5, 0.6) is 0 Å². The molecule has 1 aromatic rings. The Kier molecular flexibility index (Phi) is 6.61. The first kappa shape index (κ1) is 15.7. The third-order valence-electron chi connectivity index (χ3n) is 1.94. The lowest BCUT2D eigenvalue weighted by Gasteiger charge is -2.39. The smallest absolute Gasteiger partial charge is 0.282 e. The standard InChI is InChI=1S/C8H9F2N3.2C2H6/c1-6-2-12-7(3-11-6)13-4-8(9,10)5-13;2*1-2/h2-3H,4-5H2,1H3;2*1-2H3. The van der Waals surface area contributed by atoms with E-state index in [1.807, 2.05) is 34.6 Å². The largest absolute Gasteiger partial charge is 0.343 e. The molecule has 1 aliphatic rings. The van der Waals surface area contributed by atoms with Gasteiger partial charge in [0.1, 0.15) is 5.82 Å². The van der Waals surface area contributed by atoms with E-state index in [1.165, 1.54) is 11.1 Å². The Labute approximate surface area is 102 Å². The van der Waals surface area contributed by atoms with Crippen LogP contribution in [0, 0.1) is 6.92 Å². The second-order valence-corrected chi connectivity index (χ2v) is 3.23. The van der Waals surface area contributed by atoms with Crippen molar-refractivity contribution in [1.29, 1.82) is 0 Å². The third kappa shape index (κ3) is 4.63. The lowest BCUT2D eigenvalue weighted by atomic mass is 10.1. The lowest BCUT2D eigenvalue weighted by molar-refractivity contribution is -0.0267. The maximum absolute atomic E-state index is 12.5. The fourth-order valence-electron chi connectivity index (χ4n) is 1.22. The van der Waals surface area contributed by atoms with Crippen molar-refractivity contribution in [2.75, 3.05) is 18.0 Å². The molecular weight excluding hydrogens is 224 g/mol. The van der Waals surface area contributed by atoms with Crippen LogP contribution < -0.4 is 4.90 Å². The van der Waals surface area contributed by atoms with Gasteiger partial charge in [0.05, 0.1) is 31.2 Å². The van der Waals surface area contributed by atoms with Crippen LogP contribution in [0.4, 0.5) is 14.6 Å². The van der Waals surface area contributed by atoms with Gasteiger partial charge in [-0.1, -0.05) is 27.7 Å². The molecule has 5 heteroatoms. The Morgan fingerprint density at radius 2 is 1.59 bits per heavy atom. The fraction of sp³-hybridized carbons (Fsp3) is 0.667. The summed E-state index contributed by atoms with van der Waals surface area (Å²) in [5.41, 5.74) is 0.788. The summed E-state index contributed by atoms with van der Waals surface area (Å²) in [7, 11) is 0. The number of alkyl halides is 2. The number of nitrogens with zero attached hydrogens (tertiary/aromatic N) is 3. The highest BCUT2D eigenvalue weighted by atomic mass is 19.3. The molecule has 3 nitrogen and oxygen atoms in total. The number of hydrogen-bond donors (Lipinski definition) is 0. The number of aromatic nitrogens is 2. The van der Waals surface area contributed by atoms with E-state index in [1.54, 1.807) is 6.20 Å². The zero-order chi connectivity index (χ0) is 13.5. The van der Waals surface area contributed by atoms with Gasteiger partial charge >= 0.3 is 0 Å². The molecule has 0 amide bonds. The summed E-state index contributed by atoms with van der Waals surface area (Å²) < 4.78 is 24.9. The Bertz CT molecular complexity index is 304. The van der Waals surface area contributed by atoms with E-state index >= 15 is 0 Å². The van der Waals surface area contributed by atoms with Crippen LogP contribution in [0.25, 0.3) is 0 Å². The second-order valence-electron chi connectivity index (χ2n) is 3.23. The molecule has 0 bridgehead atoms. The SMILES string of the molecule is CC.CC.Cc1cnc(N2CC(F)(F)C2)cn1. The zero-order valence-electron chi connectivity index (χ0n) is 11.2. The Hall–Kier alpha value is -1.26. The van der Waals surface area contributed by atoms with Gasteiger partial charge in [-0.2, -0.15) is 0 Å². The monoisotopic (exact) mass is 245 g/mol. The van der Waals surface area contributed by atoms with Crippen LogP contribution in [0.3, 0.4) is 0 Å². The van der Waals surface area contributed by atoms with Crippen molar-refractivity contribution in [3.8, 4) is 0 Å². The van der Waals surface area contributed by atoms with Gasteiger partial charge in [-0.25, -0.2) is 13.8 Å². The van der Waals surface area contributed by atoms with Crippen molar-refractivity contribution in [2.24, 2.45) is 0 Å². The van der Waals surface area contributed by atoms with E-state index in [0.29, 0.717) is 5.82 Å². The first-order valence-corrected chi connectivity index (χ1v) is 5.98. The van der Waals surface area contributed by atoms with Crippen LogP contribution in [0.1, 0.15) is 33.4 Å². The van der Waals surface area contributed by atoms with Crippen LogP contribution in [-0.2, 0) is 0 Å². The molecule has 17 heavy (non-hydrogen) atoms. The van der Waals surface area contributed by atoms with Crippen molar-refractivity contribution < 1.29 is 8.78 Å². The van der Waals surface area contributed by atoms with Gasteiger partial charge in [0.2, 0.25) is 0 Å². The van der Waals surface area contributed by atoms with Gasteiger partial charge in [-0.15, -0.1) is 0 Å². The molecule has 0 atom stereocenters.